The molecular weight excluding hydrogens is 266 g/mol. The Bertz CT molecular complexity index is 455. The van der Waals surface area contributed by atoms with E-state index in [4.69, 9.17) is 11.6 Å². The van der Waals surface area contributed by atoms with Crippen LogP contribution in [-0.4, -0.2) is 13.1 Å². The van der Waals surface area contributed by atoms with Crippen LogP contribution in [0.3, 0.4) is 0 Å². The molecule has 1 N–H and O–H groups in total. The van der Waals surface area contributed by atoms with E-state index in [0.29, 0.717) is 11.3 Å². The molecule has 20 heavy (non-hydrogen) atoms. The van der Waals surface area contributed by atoms with Crippen molar-refractivity contribution in [2.24, 2.45) is 17.3 Å². The van der Waals surface area contributed by atoms with Crippen molar-refractivity contribution in [3.63, 3.8) is 0 Å². The highest BCUT2D eigenvalue weighted by atomic mass is 35.5. The molecule has 2 heteroatoms. The fraction of sp³-hybridized carbons (Fsp3) is 0.667. The minimum Gasteiger partial charge on any atom is -0.316 e. The van der Waals surface area contributed by atoms with Crippen molar-refractivity contribution in [1.82, 2.24) is 5.32 Å². The zero-order valence-corrected chi connectivity index (χ0v) is 13.4. The van der Waals surface area contributed by atoms with Gasteiger partial charge in [-0.25, -0.2) is 0 Å². The standard InChI is InChI=1S/C18H26ClN/c1-13-7-8-18(11-14(13)2)9-10-20-12-17(18)15-3-5-16(19)6-4-15/h3-6,13-14,17,20H,7-12H2,1-2H3. The van der Waals surface area contributed by atoms with E-state index >= 15 is 0 Å². The average molecular weight is 292 g/mol. The summed E-state index contributed by atoms with van der Waals surface area (Å²) in [5, 5.41) is 4.46. The molecule has 1 saturated heterocycles. The van der Waals surface area contributed by atoms with E-state index in [2.05, 4.69) is 31.3 Å². The zero-order valence-electron chi connectivity index (χ0n) is 12.7. The van der Waals surface area contributed by atoms with Crippen molar-refractivity contribution in [2.75, 3.05) is 13.1 Å². The smallest absolute Gasteiger partial charge is 0.0406 e. The Labute approximate surface area is 128 Å². The Morgan fingerprint density at radius 3 is 2.55 bits per heavy atom. The summed E-state index contributed by atoms with van der Waals surface area (Å²) in [4.78, 5) is 0. The quantitative estimate of drug-likeness (QED) is 0.779. The zero-order chi connectivity index (χ0) is 14.2. The topological polar surface area (TPSA) is 12.0 Å². The van der Waals surface area contributed by atoms with Gasteiger partial charge in [-0.1, -0.05) is 37.6 Å². The molecule has 1 nitrogen and oxygen atoms in total. The van der Waals surface area contributed by atoms with Gasteiger partial charge in [-0.05, 0) is 67.2 Å². The Kier molecular flexibility index (Phi) is 4.10. The van der Waals surface area contributed by atoms with Gasteiger partial charge in [0.05, 0.1) is 0 Å². The molecule has 0 amide bonds. The maximum atomic E-state index is 6.05. The molecule has 1 heterocycles. The van der Waals surface area contributed by atoms with E-state index in [1.165, 1.54) is 37.8 Å². The van der Waals surface area contributed by atoms with Gasteiger partial charge >= 0.3 is 0 Å². The number of piperidine rings is 1. The maximum absolute atomic E-state index is 6.05. The fourth-order valence-electron chi connectivity index (χ4n) is 4.43. The third kappa shape index (κ3) is 2.63. The summed E-state index contributed by atoms with van der Waals surface area (Å²) < 4.78 is 0. The van der Waals surface area contributed by atoms with Crippen molar-refractivity contribution in [3.8, 4) is 0 Å². The minimum absolute atomic E-state index is 0.519. The van der Waals surface area contributed by atoms with E-state index in [1.807, 2.05) is 12.1 Å². The molecule has 0 bridgehead atoms. The van der Waals surface area contributed by atoms with Crippen molar-refractivity contribution in [2.45, 2.75) is 45.4 Å². The summed E-state index contributed by atoms with van der Waals surface area (Å²) in [6, 6.07) is 8.58. The van der Waals surface area contributed by atoms with Crippen LogP contribution in [0.2, 0.25) is 5.02 Å². The lowest BCUT2D eigenvalue weighted by molar-refractivity contribution is 0.0488. The molecule has 0 aromatic heterocycles. The first-order valence-electron chi connectivity index (χ1n) is 8.07. The molecule has 1 saturated carbocycles. The molecule has 1 aliphatic heterocycles. The molecule has 4 unspecified atom stereocenters. The number of rotatable bonds is 1. The molecule has 1 aliphatic carbocycles. The van der Waals surface area contributed by atoms with E-state index < -0.39 is 0 Å². The lowest BCUT2D eigenvalue weighted by Crippen LogP contribution is -2.47. The molecule has 0 radical (unpaired) electrons. The first-order valence-corrected chi connectivity index (χ1v) is 8.45. The van der Waals surface area contributed by atoms with Crippen molar-refractivity contribution >= 4 is 11.6 Å². The first kappa shape index (κ1) is 14.4. The van der Waals surface area contributed by atoms with Crippen LogP contribution in [-0.2, 0) is 0 Å². The van der Waals surface area contributed by atoms with Crippen LogP contribution in [0, 0.1) is 17.3 Å². The summed E-state index contributed by atoms with van der Waals surface area (Å²) in [5.41, 5.74) is 1.99. The average Bonchev–Trinajstić information content (AvgIpc) is 2.45. The van der Waals surface area contributed by atoms with Gasteiger partial charge in [0.15, 0.2) is 0 Å². The maximum Gasteiger partial charge on any atom is 0.0406 e. The van der Waals surface area contributed by atoms with Crippen LogP contribution >= 0.6 is 11.6 Å². The van der Waals surface area contributed by atoms with Gasteiger partial charge in [0.2, 0.25) is 0 Å². The van der Waals surface area contributed by atoms with Gasteiger partial charge in [-0.3, -0.25) is 0 Å². The summed E-state index contributed by atoms with van der Waals surface area (Å²) in [7, 11) is 0. The molecule has 1 aromatic carbocycles. The van der Waals surface area contributed by atoms with Gasteiger partial charge in [-0.2, -0.15) is 0 Å². The first-order chi connectivity index (χ1) is 9.61. The highest BCUT2D eigenvalue weighted by Gasteiger charge is 2.45. The summed E-state index contributed by atoms with van der Waals surface area (Å²) in [6.45, 7) is 7.19. The second kappa shape index (κ2) is 5.69. The van der Waals surface area contributed by atoms with Crippen LogP contribution < -0.4 is 5.32 Å². The van der Waals surface area contributed by atoms with Crippen LogP contribution in [0.1, 0.15) is 51.0 Å². The van der Waals surface area contributed by atoms with E-state index in [0.717, 1.165) is 23.4 Å². The number of benzene rings is 1. The number of nitrogens with one attached hydrogen (secondary N) is 1. The summed E-state index contributed by atoms with van der Waals surface area (Å²) in [6.07, 6.45) is 5.51. The van der Waals surface area contributed by atoms with Crippen LogP contribution in [0.15, 0.2) is 24.3 Å². The predicted octanol–water partition coefficient (Wildman–Crippen LogP) is 4.86. The summed E-state index contributed by atoms with van der Waals surface area (Å²) >= 11 is 6.05. The van der Waals surface area contributed by atoms with Gasteiger partial charge < -0.3 is 5.32 Å². The lowest BCUT2D eigenvalue weighted by Gasteiger charge is -2.51. The van der Waals surface area contributed by atoms with Crippen molar-refractivity contribution in [1.29, 1.82) is 0 Å². The second-order valence-corrected chi connectivity index (χ2v) is 7.55. The molecule has 1 spiro atoms. The molecule has 110 valence electrons. The van der Waals surface area contributed by atoms with Crippen molar-refractivity contribution < 1.29 is 0 Å². The molecular formula is C18H26ClN. The van der Waals surface area contributed by atoms with Crippen LogP contribution in [0.4, 0.5) is 0 Å². The second-order valence-electron chi connectivity index (χ2n) is 7.12. The molecule has 3 rings (SSSR count). The monoisotopic (exact) mass is 291 g/mol. The Balaban J connectivity index is 1.89. The Morgan fingerprint density at radius 2 is 1.85 bits per heavy atom. The van der Waals surface area contributed by atoms with E-state index in [1.54, 1.807) is 0 Å². The van der Waals surface area contributed by atoms with E-state index in [9.17, 15) is 0 Å². The molecule has 4 atom stereocenters. The SMILES string of the molecule is CC1CCC2(CCNCC2c2ccc(Cl)cc2)CC1C. The van der Waals surface area contributed by atoms with Crippen LogP contribution in [0.5, 0.6) is 0 Å². The lowest BCUT2D eigenvalue weighted by atomic mass is 9.56. The number of halogens is 1. The van der Waals surface area contributed by atoms with Gasteiger partial charge in [0, 0.05) is 17.5 Å². The van der Waals surface area contributed by atoms with Crippen molar-refractivity contribution in [3.05, 3.63) is 34.9 Å². The Morgan fingerprint density at radius 1 is 1.10 bits per heavy atom. The van der Waals surface area contributed by atoms with E-state index in [-0.39, 0.29) is 0 Å². The predicted molar refractivity (Wildman–Crippen MR) is 86.3 cm³/mol. The highest BCUT2D eigenvalue weighted by Crippen LogP contribution is 2.53. The van der Waals surface area contributed by atoms with Gasteiger partial charge in [-0.15, -0.1) is 0 Å². The molecule has 2 fully saturated rings. The molecule has 1 aromatic rings. The van der Waals surface area contributed by atoms with Gasteiger partial charge in [0.25, 0.3) is 0 Å². The third-order valence-corrected chi connectivity index (χ3v) is 6.21. The minimum atomic E-state index is 0.519. The van der Waals surface area contributed by atoms with Crippen LogP contribution in [0.25, 0.3) is 0 Å². The Hall–Kier alpha value is -0.530. The van der Waals surface area contributed by atoms with Gasteiger partial charge in [0.1, 0.15) is 0 Å². The number of hydrogen-bond donors (Lipinski definition) is 1. The molecule has 2 aliphatic rings. The normalized spacial score (nSPS) is 38.0. The largest absolute Gasteiger partial charge is 0.316 e. The highest BCUT2D eigenvalue weighted by molar-refractivity contribution is 6.30. The fourth-order valence-corrected chi connectivity index (χ4v) is 4.55. The summed E-state index contributed by atoms with van der Waals surface area (Å²) in [5.74, 6) is 2.40. The number of hydrogen-bond acceptors (Lipinski definition) is 1. The third-order valence-electron chi connectivity index (χ3n) is 5.96.